The summed E-state index contributed by atoms with van der Waals surface area (Å²) in [6.45, 7) is 0. The topological polar surface area (TPSA) is 9.23 Å². The fraction of sp³-hybridized carbons (Fsp3) is 0.176. The molecule has 0 atom stereocenters. The molecule has 0 N–H and O–H groups in total. The van der Waals surface area contributed by atoms with E-state index in [2.05, 4.69) is 35.7 Å². The Morgan fingerprint density at radius 2 is 1.77 bits per heavy atom. The Hall–Kier alpha value is -0.680. The van der Waals surface area contributed by atoms with Crippen LogP contribution < -0.4 is 4.74 Å². The average Bonchev–Trinajstić information content (AvgIpc) is 2.56. The average molecular weight is 369 g/mol. The van der Waals surface area contributed by atoms with Crippen LogP contribution in [0.3, 0.4) is 0 Å². The second-order valence-corrected chi connectivity index (χ2v) is 8.15. The monoisotopic (exact) mass is 368 g/mol. The molecule has 2 rings (SSSR count). The van der Waals surface area contributed by atoms with Crippen molar-refractivity contribution < 1.29 is 4.74 Å². The van der Waals surface area contributed by atoms with Gasteiger partial charge in [0.2, 0.25) is 0 Å². The van der Waals surface area contributed by atoms with Gasteiger partial charge in [0, 0.05) is 21.4 Å². The van der Waals surface area contributed by atoms with Crippen molar-refractivity contribution in [1.82, 2.24) is 0 Å². The second kappa shape index (κ2) is 10.2. The van der Waals surface area contributed by atoms with Gasteiger partial charge in [0.25, 0.3) is 0 Å². The van der Waals surface area contributed by atoms with Crippen LogP contribution >= 0.6 is 45.0 Å². The van der Waals surface area contributed by atoms with Crippen LogP contribution in [0, 0.1) is 0 Å². The molecule has 0 amide bonds. The molecule has 2 aromatic rings. The Morgan fingerprint density at radius 1 is 1.05 bits per heavy atom. The van der Waals surface area contributed by atoms with E-state index < -0.39 is 0 Å². The van der Waals surface area contributed by atoms with Gasteiger partial charge in [-0.15, -0.1) is 11.8 Å². The largest absolute Gasteiger partial charge is 0.497 e. The summed E-state index contributed by atoms with van der Waals surface area (Å²) in [4.78, 5) is 1.25. The predicted molar refractivity (Wildman–Crippen MR) is 103 cm³/mol. The Bertz CT molecular complexity index is 582. The number of halogens is 1. The van der Waals surface area contributed by atoms with E-state index in [9.17, 15) is 0 Å². The molecule has 2 aromatic carbocycles. The third-order valence-electron chi connectivity index (χ3n) is 2.76. The maximum atomic E-state index is 5.87. The molecule has 0 aliphatic rings. The van der Waals surface area contributed by atoms with Crippen molar-refractivity contribution in [1.29, 1.82) is 0 Å². The first kappa shape index (κ1) is 17.7. The van der Waals surface area contributed by atoms with Gasteiger partial charge in [-0.05, 0) is 47.4 Å². The molecular weight excluding hydrogens is 352 g/mol. The first-order chi connectivity index (χ1) is 10.8. The predicted octanol–water partition coefficient (Wildman–Crippen LogP) is 6.54. The molecule has 0 fully saturated rings. The van der Waals surface area contributed by atoms with E-state index in [1.54, 1.807) is 17.9 Å². The van der Waals surface area contributed by atoms with Crippen LogP contribution in [0.25, 0.3) is 0 Å². The number of hydrogen-bond acceptors (Lipinski definition) is 4. The van der Waals surface area contributed by atoms with E-state index in [1.807, 2.05) is 46.8 Å². The zero-order valence-electron chi connectivity index (χ0n) is 12.2. The number of hydrogen-bond donors (Lipinski definition) is 0. The quantitative estimate of drug-likeness (QED) is 0.297. The van der Waals surface area contributed by atoms with E-state index in [-0.39, 0.29) is 0 Å². The lowest BCUT2D eigenvalue weighted by Gasteiger charge is -2.01. The van der Waals surface area contributed by atoms with Crippen molar-refractivity contribution in [3.63, 3.8) is 0 Å². The van der Waals surface area contributed by atoms with Crippen molar-refractivity contribution in [2.24, 2.45) is 0 Å². The van der Waals surface area contributed by atoms with Gasteiger partial charge in [-0.1, -0.05) is 51.4 Å². The van der Waals surface area contributed by atoms with Gasteiger partial charge in [-0.2, -0.15) is 0 Å². The highest BCUT2D eigenvalue weighted by atomic mass is 35.5. The zero-order valence-corrected chi connectivity index (χ0v) is 15.4. The highest BCUT2D eigenvalue weighted by Gasteiger charge is 1.95. The molecule has 0 radical (unpaired) electrons. The van der Waals surface area contributed by atoms with Gasteiger partial charge in [-0.25, -0.2) is 0 Å². The summed E-state index contributed by atoms with van der Waals surface area (Å²) in [6, 6.07) is 16.1. The molecule has 0 spiro atoms. The van der Waals surface area contributed by atoms with Gasteiger partial charge in [0.05, 0.1) is 7.11 Å². The van der Waals surface area contributed by atoms with Crippen LogP contribution in [-0.4, -0.2) is 12.9 Å². The Balaban J connectivity index is 1.60. The molecule has 0 heterocycles. The van der Waals surface area contributed by atoms with Gasteiger partial charge < -0.3 is 4.74 Å². The molecule has 5 heteroatoms. The molecule has 0 saturated heterocycles. The van der Waals surface area contributed by atoms with Gasteiger partial charge in [0.1, 0.15) is 5.75 Å². The van der Waals surface area contributed by atoms with E-state index in [1.165, 1.54) is 10.5 Å². The molecule has 0 unspecified atom stereocenters. The summed E-state index contributed by atoms with van der Waals surface area (Å²) in [5.74, 6) is 2.85. The minimum absolute atomic E-state index is 0.789. The number of thioether (sulfide) groups is 1. The van der Waals surface area contributed by atoms with E-state index in [0.29, 0.717) is 0 Å². The molecule has 22 heavy (non-hydrogen) atoms. The number of ether oxygens (including phenoxy) is 1. The summed E-state index contributed by atoms with van der Waals surface area (Å²) in [6.07, 6.45) is 2.19. The molecule has 0 aromatic heterocycles. The lowest BCUT2D eigenvalue weighted by atomic mass is 10.2. The number of benzene rings is 2. The van der Waals surface area contributed by atoms with Gasteiger partial charge in [0.15, 0.2) is 0 Å². The SMILES string of the molecule is COc1ccc(SC/C=C\SSCc2ccc(Cl)cc2)cc1. The minimum atomic E-state index is 0.789. The maximum Gasteiger partial charge on any atom is 0.118 e. The Morgan fingerprint density at radius 3 is 2.45 bits per heavy atom. The smallest absolute Gasteiger partial charge is 0.118 e. The molecular formula is C17H17ClOS3. The van der Waals surface area contributed by atoms with Crippen LogP contribution in [0.2, 0.25) is 5.02 Å². The zero-order chi connectivity index (χ0) is 15.6. The number of rotatable bonds is 8. The first-order valence-corrected chi connectivity index (χ1v) is 10.5. The van der Waals surface area contributed by atoms with Crippen LogP contribution in [0.4, 0.5) is 0 Å². The van der Waals surface area contributed by atoms with Crippen LogP contribution in [-0.2, 0) is 5.75 Å². The Labute approximate surface area is 149 Å². The summed E-state index contributed by atoms with van der Waals surface area (Å²) in [7, 11) is 5.27. The van der Waals surface area contributed by atoms with Gasteiger partial charge >= 0.3 is 0 Å². The normalized spacial score (nSPS) is 11.0. The maximum absolute atomic E-state index is 5.87. The second-order valence-electron chi connectivity index (χ2n) is 4.34. The molecule has 116 valence electrons. The van der Waals surface area contributed by atoms with Crippen molar-refractivity contribution in [2.75, 3.05) is 12.9 Å². The minimum Gasteiger partial charge on any atom is -0.497 e. The highest BCUT2D eigenvalue weighted by Crippen LogP contribution is 2.28. The van der Waals surface area contributed by atoms with Crippen molar-refractivity contribution >= 4 is 45.0 Å². The lowest BCUT2D eigenvalue weighted by Crippen LogP contribution is -1.81. The van der Waals surface area contributed by atoms with Gasteiger partial charge in [-0.3, -0.25) is 0 Å². The third kappa shape index (κ3) is 6.61. The van der Waals surface area contributed by atoms with Crippen molar-refractivity contribution in [2.45, 2.75) is 10.6 Å². The van der Waals surface area contributed by atoms with E-state index in [4.69, 9.17) is 16.3 Å². The summed E-state index contributed by atoms with van der Waals surface area (Å²) < 4.78 is 5.15. The van der Waals surface area contributed by atoms with Crippen LogP contribution in [0.1, 0.15) is 5.56 Å². The first-order valence-electron chi connectivity index (χ1n) is 6.72. The fourth-order valence-corrected chi connectivity index (χ4v) is 4.31. The van der Waals surface area contributed by atoms with Crippen molar-refractivity contribution in [3.05, 3.63) is 70.6 Å². The molecule has 0 bridgehead atoms. The molecule has 1 nitrogen and oxygen atoms in total. The number of methoxy groups -OCH3 is 1. The van der Waals surface area contributed by atoms with Crippen molar-refractivity contribution in [3.8, 4) is 5.75 Å². The lowest BCUT2D eigenvalue weighted by molar-refractivity contribution is 0.414. The molecule has 0 saturated carbocycles. The van der Waals surface area contributed by atoms with E-state index >= 15 is 0 Å². The van der Waals surface area contributed by atoms with Crippen LogP contribution in [0.5, 0.6) is 5.75 Å². The summed E-state index contributed by atoms with van der Waals surface area (Å²) in [5.41, 5.74) is 1.29. The standard InChI is InChI=1S/C17H17ClOS3/c1-19-16-7-9-17(10-8-16)20-11-2-12-21-22-13-14-3-5-15(18)6-4-14/h2-10,12H,11,13H2,1H3/b12-2-. The Kier molecular flexibility index (Phi) is 8.16. The van der Waals surface area contributed by atoms with Crippen LogP contribution in [0.15, 0.2) is 64.9 Å². The van der Waals surface area contributed by atoms with E-state index in [0.717, 1.165) is 22.3 Å². The molecule has 0 aliphatic heterocycles. The summed E-state index contributed by atoms with van der Waals surface area (Å²) >= 11 is 7.68. The summed E-state index contributed by atoms with van der Waals surface area (Å²) in [5, 5.41) is 2.94. The molecule has 0 aliphatic carbocycles. The fourth-order valence-electron chi connectivity index (χ4n) is 1.62. The highest BCUT2D eigenvalue weighted by molar-refractivity contribution is 8.77. The third-order valence-corrected chi connectivity index (χ3v) is 5.97.